The van der Waals surface area contributed by atoms with Crippen LogP contribution in [0.2, 0.25) is 0 Å². The summed E-state index contributed by atoms with van der Waals surface area (Å²) in [6.07, 6.45) is 2.42. The predicted molar refractivity (Wildman–Crippen MR) is 155 cm³/mol. The van der Waals surface area contributed by atoms with Crippen LogP contribution in [-0.4, -0.2) is 28.6 Å². The van der Waals surface area contributed by atoms with E-state index in [-0.39, 0.29) is 17.2 Å². The molecule has 3 aromatic carbocycles. The molecule has 0 N–H and O–H groups in total. The van der Waals surface area contributed by atoms with Gasteiger partial charge in [0.15, 0.2) is 0 Å². The summed E-state index contributed by atoms with van der Waals surface area (Å²) in [4.78, 5) is 20.2. The number of ether oxygens (including phenoxy) is 1. The van der Waals surface area contributed by atoms with Crippen molar-refractivity contribution in [2.75, 3.05) is 18.1 Å². The number of aromatic nitrogens is 2. The number of rotatable bonds is 8. The summed E-state index contributed by atoms with van der Waals surface area (Å²) >= 11 is 0. The standard InChI is InChI=1S/C33H39N3O2/c1-23-11-10-12-24(2)31(23)36-22-25(21-30(36)37)32-34-28-13-6-7-14-29(28)35(32)19-8-9-20-38-27-17-15-26(16-18-27)33(3,4)5/h6-7,10-18,25H,8-9,19-22H2,1-5H3. The first-order chi connectivity index (χ1) is 18.2. The van der Waals surface area contributed by atoms with Crippen molar-refractivity contribution in [3.63, 3.8) is 0 Å². The second kappa shape index (κ2) is 10.6. The minimum Gasteiger partial charge on any atom is -0.494 e. The first-order valence-corrected chi connectivity index (χ1v) is 13.8. The third-order valence-electron chi connectivity index (χ3n) is 7.65. The second-order valence-corrected chi connectivity index (χ2v) is 11.6. The normalized spacial score (nSPS) is 16.0. The molecular formula is C33H39N3O2. The van der Waals surface area contributed by atoms with Crippen molar-refractivity contribution in [1.29, 1.82) is 0 Å². The van der Waals surface area contributed by atoms with Gasteiger partial charge in [-0.1, -0.05) is 63.2 Å². The van der Waals surface area contributed by atoms with Gasteiger partial charge in [-0.25, -0.2) is 4.98 Å². The number of benzene rings is 3. The number of amides is 1. The number of unbranched alkanes of at least 4 members (excludes halogenated alkanes) is 1. The quantitative estimate of drug-likeness (QED) is 0.234. The predicted octanol–water partition coefficient (Wildman–Crippen LogP) is 7.33. The zero-order valence-corrected chi connectivity index (χ0v) is 23.3. The summed E-state index contributed by atoms with van der Waals surface area (Å²) < 4.78 is 8.37. The van der Waals surface area contributed by atoms with E-state index in [1.54, 1.807) is 0 Å². The third-order valence-corrected chi connectivity index (χ3v) is 7.65. The highest BCUT2D eigenvalue weighted by molar-refractivity contribution is 5.98. The van der Waals surface area contributed by atoms with E-state index in [1.807, 2.05) is 11.0 Å². The molecule has 198 valence electrons. The Hall–Kier alpha value is -3.60. The summed E-state index contributed by atoms with van der Waals surface area (Å²) in [7, 11) is 0. The number of imidazole rings is 1. The lowest BCUT2D eigenvalue weighted by atomic mass is 9.87. The fourth-order valence-electron chi connectivity index (χ4n) is 5.58. The highest BCUT2D eigenvalue weighted by Gasteiger charge is 2.35. The van der Waals surface area contributed by atoms with E-state index in [0.29, 0.717) is 19.6 Å². The molecule has 0 aliphatic carbocycles. The van der Waals surface area contributed by atoms with Gasteiger partial charge in [0.25, 0.3) is 0 Å². The van der Waals surface area contributed by atoms with Gasteiger partial charge < -0.3 is 14.2 Å². The van der Waals surface area contributed by atoms with E-state index in [2.05, 4.69) is 99.8 Å². The first-order valence-electron chi connectivity index (χ1n) is 13.8. The molecule has 1 atom stereocenters. The number of para-hydroxylation sites is 3. The van der Waals surface area contributed by atoms with E-state index < -0.39 is 0 Å². The number of fused-ring (bicyclic) bond motifs is 1. The Bertz CT molecular complexity index is 1410. The molecule has 1 fully saturated rings. The number of nitrogens with zero attached hydrogens (tertiary/aromatic N) is 3. The van der Waals surface area contributed by atoms with Crippen molar-refractivity contribution >= 4 is 22.6 Å². The number of hydrogen-bond donors (Lipinski definition) is 0. The van der Waals surface area contributed by atoms with E-state index in [4.69, 9.17) is 9.72 Å². The van der Waals surface area contributed by atoms with Crippen molar-refractivity contribution in [2.24, 2.45) is 0 Å². The summed E-state index contributed by atoms with van der Waals surface area (Å²) in [5.74, 6) is 2.19. The van der Waals surface area contributed by atoms with E-state index in [0.717, 1.165) is 58.8 Å². The van der Waals surface area contributed by atoms with Crippen molar-refractivity contribution in [3.05, 3.63) is 89.2 Å². The Morgan fingerprint density at radius 3 is 2.34 bits per heavy atom. The Morgan fingerprint density at radius 1 is 0.921 bits per heavy atom. The summed E-state index contributed by atoms with van der Waals surface area (Å²) in [5.41, 5.74) is 6.92. The smallest absolute Gasteiger partial charge is 0.227 e. The average Bonchev–Trinajstić information content (AvgIpc) is 3.44. The number of anilines is 1. The maximum Gasteiger partial charge on any atom is 0.227 e. The third kappa shape index (κ3) is 5.33. The zero-order chi connectivity index (χ0) is 26.9. The maximum atomic E-state index is 13.2. The number of carbonyl (C=O) groups excluding carboxylic acids is 1. The van der Waals surface area contributed by atoms with Crippen LogP contribution in [0.3, 0.4) is 0 Å². The fourth-order valence-corrected chi connectivity index (χ4v) is 5.58. The van der Waals surface area contributed by atoms with Gasteiger partial charge in [-0.2, -0.15) is 0 Å². The molecular weight excluding hydrogens is 470 g/mol. The minimum atomic E-state index is 0.0755. The molecule has 1 aliphatic heterocycles. The average molecular weight is 510 g/mol. The lowest BCUT2D eigenvalue weighted by molar-refractivity contribution is -0.117. The van der Waals surface area contributed by atoms with Crippen LogP contribution in [0.1, 0.15) is 68.5 Å². The van der Waals surface area contributed by atoms with Crippen molar-refractivity contribution in [2.45, 2.75) is 71.8 Å². The summed E-state index contributed by atoms with van der Waals surface area (Å²) in [6, 6.07) is 23.0. The molecule has 0 saturated carbocycles. The van der Waals surface area contributed by atoms with E-state index in [9.17, 15) is 4.79 Å². The molecule has 1 unspecified atom stereocenters. The molecule has 0 radical (unpaired) electrons. The largest absolute Gasteiger partial charge is 0.494 e. The Balaban J connectivity index is 1.27. The van der Waals surface area contributed by atoms with Crippen LogP contribution in [0.4, 0.5) is 5.69 Å². The van der Waals surface area contributed by atoms with Crippen LogP contribution in [-0.2, 0) is 16.8 Å². The molecule has 5 nitrogen and oxygen atoms in total. The number of hydrogen-bond acceptors (Lipinski definition) is 3. The molecule has 5 rings (SSSR count). The van der Waals surface area contributed by atoms with Crippen molar-refractivity contribution < 1.29 is 9.53 Å². The van der Waals surface area contributed by atoms with Gasteiger partial charge in [-0.3, -0.25) is 4.79 Å². The lowest BCUT2D eigenvalue weighted by Gasteiger charge is -2.21. The summed E-state index contributed by atoms with van der Waals surface area (Å²) in [6.45, 7) is 13.0. The molecule has 1 saturated heterocycles. The number of aryl methyl sites for hydroxylation is 3. The summed E-state index contributed by atoms with van der Waals surface area (Å²) in [5, 5.41) is 0. The van der Waals surface area contributed by atoms with Crippen molar-refractivity contribution in [1.82, 2.24) is 9.55 Å². The van der Waals surface area contributed by atoms with E-state index in [1.165, 1.54) is 5.56 Å². The van der Waals surface area contributed by atoms with Gasteiger partial charge in [0.1, 0.15) is 11.6 Å². The van der Waals surface area contributed by atoms with Crippen molar-refractivity contribution in [3.8, 4) is 5.75 Å². The number of carbonyl (C=O) groups is 1. The van der Waals surface area contributed by atoms with Gasteiger partial charge in [0, 0.05) is 31.1 Å². The van der Waals surface area contributed by atoms with Gasteiger partial charge in [0.05, 0.1) is 17.6 Å². The van der Waals surface area contributed by atoms with Crippen LogP contribution in [0.15, 0.2) is 66.7 Å². The van der Waals surface area contributed by atoms with Crippen LogP contribution in [0.5, 0.6) is 5.75 Å². The SMILES string of the molecule is Cc1cccc(C)c1N1CC(c2nc3ccccc3n2CCCCOc2ccc(C(C)(C)C)cc2)CC1=O. The second-order valence-electron chi connectivity index (χ2n) is 11.6. The van der Waals surface area contributed by atoms with Gasteiger partial charge >= 0.3 is 0 Å². The lowest BCUT2D eigenvalue weighted by Crippen LogP contribution is -2.26. The maximum absolute atomic E-state index is 13.2. The molecule has 5 heteroatoms. The fraction of sp³-hybridized carbons (Fsp3) is 0.394. The first kappa shape index (κ1) is 26.0. The van der Waals surface area contributed by atoms with Gasteiger partial charge in [-0.15, -0.1) is 0 Å². The molecule has 38 heavy (non-hydrogen) atoms. The van der Waals surface area contributed by atoms with Crippen LogP contribution in [0.25, 0.3) is 11.0 Å². The van der Waals surface area contributed by atoms with Crippen LogP contribution >= 0.6 is 0 Å². The Kier molecular flexibility index (Phi) is 7.29. The van der Waals surface area contributed by atoms with Crippen LogP contribution < -0.4 is 9.64 Å². The highest BCUT2D eigenvalue weighted by Crippen LogP contribution is 2.36. The van der Waals surface area contributed by atoms with E-state index >= 15 is 0 Å². The van der Waals surface area contributed by atoms with Gasteiger partial charge in [-0.05, 0) is 73.1 Å². The topological polar surface area (TPSA) is 47.4 Å². The molecule has 1 aliphatic rings. The highest BCUT2D eigenvalue weighted by atomic mass is 16.5. The zero-order valence-electron chi connectivity index (χ0n) is 23.3. The minimum absolute atomic E-state index is 0.0755. The molecule has 4 aromatic rings. The molecule has 0 spiro atoms. The molecule has 1 aromatic heterocycles. The molecule has 2 heterocycles. The Labute approximate surface area is 226 Å². The monoisotopic (exact) mass is 509 g/mol. The molecule has 1 amide bonds. The Morgan fingerprint density at radius 2 is 1.63 bits per heavy atom. The van der Waals surface area contributed by atoms with Gasteiger partial charge in [0.2, 0.25) is 5.91 Å². The molecule has 0 bridgehead atoms. The van der Waals surface area contributed by atoms with Crippen LogP contribution in [0, 0.1) is 13.8 Å².